The van der Waals surface area contributed by atoms with Crippen molar-refractivity contribution in [1.29, 1.82) is 0 Å². The molecule has 1 amide bonds. The van der Waals surface area contributed by atoms with Gasteiger partial charge in [0.05, 0.1) is 26.6 Å². The summed E-state index contributed by atoms with van der Waals surface area (Å²) in [6.07, 6.45) is -0.154. The third-order valence-corrected chi connectivity index (χ3v) is 7.98. The summed E-state index contributed by atoms with van der Waals surface area (Å²) >= 11 is 1.49. The second-order valence-corrected chi connectivity index (χ2v) is 11.0. The molecule has 0 fully saturated rings. The topological polar surface area (TPSA) is 94.0 Å². The Morgan fingerprint density at radius 2 is 1.72 bits per heavy atom. The minimum absolute atomic E-state index is 0.154. The number of hydrogen-bond acceptors (Lipinski definition) is 6. The maximum Gasteiger partial charge on any atom is 0.226 e. The summed E-state index contributed by atoms with van der Waals surface area (Å²) < 4.78 is 27.7. The molecule has 0 atom stereocenters. The van der Waals surface area contributed by atoms with Crippen LogP contribution in [-0.4, -0.2) is 34.8 Å². The Hall–Kier alpha value is -3.04. The predicted octanol–water partition coefficient (Wildman–Crippen LogP) is 4.52. The molecule has 0 spiro atoms. The molecular formula is C23H24N4O3S2. The zero-order chi connectivity index (χ0) is 23.0. The third-order valence-electron chi connectivity index (χ3n) is 5.25. The quantitative estimate of drug-likeness (QED) is 0.449. The number of sulfone groups is 1. The van der Waals surface area contributed by atoms with Crippen LogP contribution in [0.3, 0.4) is 0 Å². The molecule has 0 aliphatic heterocycles. The Kier molecular flexibility index (Phi) is 5.87. The molecule has 0 unspecified atom stereocenters. The van der Waals surface area contributed by atoms with Crippen LogP contribution in [0.25, 0.3) is 15.3 Å². The van der Waals surface area contributed by atoms with Crippen LogP contribution in [0.4, 0.5) is 5.82 Å². The first kappa shape index (κ1) is 22.2. The largest absolute Gasteiger partial charge is 0.310 e. The third kappa shape index (κ3) is 4.58. The predicted molar refractivity (Wildman–Crippen MR) is 127 cm³/mol. The Bertz CT molecular complexity index is 1380. The molecule has 0 aliphatic carbocycles. The first-order valence-corrected chi connectivity index (χ1v) is 12.6. The van der Waals surface area contributed by atoms with E-state index in [2.05, 4.69) is 28.4 Å². The highest BCUT2D eigenvalue weighted by molar-refractivity contribution is 7.91. The second kappa shape index (κ2) is 8.48. The summed E-state index contributed by atoms with van der Waals surface area (Å²) in [6, 6.07) is 12.5. The number of amides is 1. The number of fused-ring (bicyclic) bond motifs is 1. The van der Waals surface area contributed by atoms with E-state index in [0.29, 0.717) is 10.9 Å². The number of hydrogen-bond donors (Lipinski definition) is 1. The van der Waals surface area contributed by atoms with E-state index in [4.69, 9.17) is 0 Å². The standard InChI is InChI=1S/C23H24N4O3S2/c1-14-5-7-18(8-6-14)32(29,30)10-9-22(28)25-21-13-17(4)26-27(21)23-24-19-11-15(2)16(3)12-20(19)31-23/h5-8,11-13H,9-10H2,1-4H3,(H,25,28). The van der Waals surface area contributed by atoms with Crippen LogP contribution < -0.4 is 5.32 Å². The molecule has 4 rings (SSSR count). The van der Waals surface area contributed by atoms with Crippen LogP contribution in [0.15, 0.2) is 47.4 Å². The second-order valence-electron chi connectivity index (χ2n) is 7.91. The number of aryl methyl sites for hydroxylation is 4. The molecule has 2 aromatic heterocycles. The van der Waals surface area contributed by atoms with E-state index in [0.717, 1.165) is 27.0 Å². The average Bonchev–Trinajstić information content (AvgIpc) is 3.29. The van der Waals surface area contributed by atoms with Crippen LogP contribution in [-0.2, 0) is 14.6 Å². The van der Waals surface area contributed by atoms with Crippen LogP contribution in [0.5, 0.6) is 0 Å². The van der Waals surface area contributed by atoms with Crippen LogP contribution in [0, 0.1) is 27.7 Å². The maximum absolute atomic E-state index is 12.6. The smallest absolute Gasteiger partial charge is 0.226 e. The fraction of sp³-hybridized carbons (Fsp3) is 0.261. The molecule has 0 aliphatic rings. The van der Waals surface area contributed by atoms with Gasteiger partial charge >= 0.3 is 0 Å². The number of nitrogens with zero attached hydrogens (tertiary/aromatic N) is 3. The van der Waals surface area contributed by atoms with Crippen molar-refractivity contribution in [2.75, 3.05) is 11.1 Å². The fourth-order valence-corrected chi connectivity index (χ4v) is 5.54. The number of aromatic nitrogens is 3. The number of carbonyl (C=O) groups excluding carboxylic acids is 1. The highest BCUT2D eigenvalue weighted by atomic mass is 32.2. The van der Waals surface area contributed by atoms with Crippen molar-refractivity contribution in [1.82, 2.24) is 14.8 Å². The van der Waals surface area contributed by atoms with Crippen molar-refractivity contribution in [2.24, 2.45) is 0 Å². The number of rotatable bonds is 6. The summed E-state index contributed by atoms with van der Waals surface area (Å²) in [6.45, 7) is 7.82. The SMILES string of the molecule is Cc1ccc(S(=O)(=O)CCC(=O)Nc2cc(C)nn2-c2nc3cc(C)c(C)cc3s2)cc1. The van der Waals surface area contributed by atoms with E-state index in [1.807, 2.05) is 26.8 Å². The summed E-state index contributed by atoms with van der Waals surface area (Å²) in [5.41, 5.74) is 4.93. The molecule has 7 nitrogen and oxygen atoms in total. The van der Waals surface area contributed by atoms with E-state index < -0.39 is 15.7 Å². The van der Waals surface area contributed by atoms with Crippen LogP contribution in [0.1, 0.15) is 28.8 Å². The van der Waals surface area contributed by atoms with Crippen molar-refractivity contribution in [3.05, 3.63) is 64.8 Å². The first-order valence-electron chi connectivity index (χ1n) is 10.2. The van der Waals surface area contributed by atoms with E-state index in [9.17, 15) is 13.2 Å². The Labute approximate surface area is 191 Å². The molecule has 0 saturated carbocycles. The lowest BCUT2D eigenvalue weighted by molar-refractivity contribution is -0.115. The molecule has 0 bridgehead atoms. The molecule has 1 N–H and O–H groups in total. The van der Waals surface area contributed by atoms with E-state index in [1.54, 1.807) is 35.0 Å². The van der Waals surface area contributed by atoms with Gasteiger partial charge in [-0.25, -0.2) is 13.4 Å². The van der Waals surface area contributed by atoms with Crippen molar-refractivity contribution in [3.63, 3.8) is 0 Å². The number of nitrogens with one attached hydrogen (secondary N) is 1. The lowest BCUT2D eigenvalue weighted by Gasteiger charge is -2.07. The summed E-state index contributed by atoms with van der Waals surface area (Å²) in [5, 5.41) is 7.90. The first-order chi connectivity index (χ1) is 15.1. The molecule has 2 aromatic carbocycles. The Morgan fingerprint density at radius 3 is 2.44 bits per heavy atom. The van der Waals surface area contributed by atoms with Gasteiger partial charge in [0.25, 0.3) is 0 Å². The molecular weight excluding hydrogens is 444 g/mol. The molecule has 0 radical (unpaired) electrons. The van der Waals surface area contributed by atoms with Gasteiger partial charge in [-0.3, -0.25) is 4.79 Å². The van der Waals surface area contributed by atoms with E-state index in [1.165, 1.54) is 16.9 Å². The average molecular weight is 469 g/mol. The molecule has 32 heavy (non-hydrogen) atoms. The minimum Gasteiger partial charge on any atom is -0.310 e. The summed E-state index contributed by atoms with van der Waals surface area (Å²) in [7, 11) is -3.54. The molecule has 9 heteroatoms. The van der Waals surface area contributed by atoms with Crippen LogP contribution in [0.2, 0.25) is 0 Å². The molecule has 0 saturated heterocycles. The minimum atomic E-state index is -3.54. The van der Waals surface area contributed by atoms with Gasteiger partial charge in [-0.2, -0.15) is 9.78 Å². The zero-order valence-electron chi connectivity index (χ0n) is 18.3. The van der Waals surface area contributed by atoms with Crippen molar-refractivity contribution < 1.29 is 13.2 Å². The molecule has 2 heterocycles. The molecule has 4 aromatic rings. The highest BCUT2D eigenvalue weighted by Crippen LogP contribution is 2.29. The maximum atomic E-state index is 12.6. The van der Waals surface area contributed by atoms with Gasteiger partial charge in [-0.15, -0.1) is 0 Å². The Balaban J connectivity index is 1.52. The normalized spacial score (nSPS) is 11.8. The summed E-state index contributed by atoms with van der Waals surface area (Å²) in [4.78, 5) is 17.5. The van der Waals surface area contributed by atoms with Crippen molar-refractivity contribution in [3.8, 4) is 5.13 Å². The van der Waals surface area contributed by atoms with Crippen LogP contribution >= 0.6 is 11.3 Å². The van der Waals surface area contributed by atoms with Crippen molar-refractivity contribution in [2.45, 2.75) is 39.0 Å². The number of benzene rings is 2. The zero-order valence-corrected chi connectivity index (χ0v) is 20.0. The van der Waals surface area contributed by atoms with E-state index >= 15 is 0 Å². The van der Waals surface area contributed by atoms with Gasteiger partial charge in [0.15, 0.2) is 9.84 Å². The fourth-order valence-electron chi connectivity index (χ4n) is 3.29. The number of carbonyl (C=O) groups is 1. The van der Waals surface area contributed by atoms with Crippen molar-refractivity contribution >= 4 is 43.1 Å². The van der Waals surface area contributed by atoms with Gasteiger partial charge in [0, 0.05) is 12.5 Å². The highest BCUT2D eigenvalue weighted by Gasteiger charge is 2.19. The monoisotopic (exact) mass is 468 g/mol. The van der Waals surface area contributed by atoms with E-state index in [-0.39, 0.29) is 17.1 Å². The van der Waals surface area contributed by atoms with Gasteiger partial charge in [0.1, 0.15) is 5.82 Å². The molecule has 166 valence electrons. The van der Waals surface area contributed by atoms with Gasteiger partial charge in [-0.05, 0) is 63.1 Å². The lowest BCUT2D eigenvalue weighted by Crippen LogP contribution is -2.19. The Morgan fingerprint density at radius 1 is 1.03 bits per heavy atom. The summed E-state index contributed by atoms with van der Waals surface area (Å²) in [5.74, 6) is -0.198. The number of thiazole rings is 1. The van der Waals surface area contributed by atoms with Gasteiger partial charge < -0.3 is 5.32 Å². The van der Waals surface area contributed by atoms with Gasteiger partial charge in [0.2, 0.25) is 11.0 Å². The lowest BCUT2D eigenvalue weighted by atomic mass is 10.1. The van der Waals surface area contributed by atoms with Gasteiger partial charge in [-0.1, -0.05) is 29.0 Å². The number of anilines is 1.